The van der Waals surface area contributed by atoms with Crippen molar-refractivity contribution in [3.8, 4) is 10.6 Å². The highest BCUT2D eigenvalue weighted by molar-refractivity contribution is 7.13. The van der Waals surface area contributed by atoms with Crippen LogP contribution < -0.4 is 5.73 Å². The molecule has 0 amide bonds. The number of nitrogens with zero attached hydrogens (tertiary/aromatic N) is 2. The Labute approximate surface area is 111 Å². The van der Waals surface area contributed by atoms with Gasteiger partial charge in [0.05, 0.1) is 11.3 Å². The number of hydrogen-bond donors (Lipinski definition) is 1. The number of nitrogens with two attached hydrogens (primary N) is 1. The molecular formula is C14H17N3S. The molecule has 94 valence electrons. The Morgan fingerprint density at radius 1 is 1.22 bits per heavy atom. The standard InChI is InChI=1S/C14H17N3S/c15-13-11(7-4-8-16-13)14-17-12(9-18-14)10-5-2-1-3-6-10/h4,7-10H,1-3,5-6H2,(H2,15,16). The second-order valence-corrected chi connectivity index (χ2v) is 5.71. The molecule has 2 N–H and O–H groups in total. The van der Waals surface area contributed by atoms with Crippen molar-refractivity contribution in [2.45, 2.75) is 38.0 Å². The Morgan fingerprint density at radius 3 is 2.83 bits per heavy atom. The van der Waals surface area contributed by atoms with Crippen LogP contribution in [0, 0.1) is 0 Å². The summed E-state index contributed by atoms with van der Waals surface area (Å²) in [6.45, 7) is 0. The van der Waals surface area contributed by atoms with E-state index < -0.39 is 0 Å². The smallest absolute Gasteiger partial charge is 0.133 e. The average Bonchev–Trinajstić information content (AvgIpc) is 2.90. The minimum absolute atomic E-state index is 0.571. The second-order valence-electron chi connectivity index (χ2n) is 4.85. The van der Waals surface area contributed by atoms with E-state index >= 15 is 0 Å². The van der Waals surface area contributed by atoms with E-state index in [0.717, 1.165) is 10.6 Å². The van der Waals surface area contributed by atoms with Gasteiger partial charge in [0.2, 0.25) is 0 Å². The minimum Gasteiger partial charge on any atom is -0.383 e. The summed E-state index contributed by atoms with van der Waals surface area (Å²) in [5.74, 6) is 1.23. The molecule has 2 aromatic heterocycles. The van der Waals surface area contributed by atoms with Crippen LogP contribution in [0.25, 0.3) is 10.6 Å². The van der Waals surface area contributed by atoms with Crippen molar-refractivity contribution in [3.63, 3.8) is 0 Å². The molecule has 0 spiro atoms. The first-order chi connectivity index (χ1) is 8.84. The zero-order valence-electron chi connectivity index (χ0n) is 10.3. The number of hydrogen-bond acceptors (Lipinski definition) is 4. The molecule has 0 aromatic carbocycles. The average molecular weight is 259 g/mol. The molecule has 1 aliphatic carbocycles. The lowest BCUT2D eigenvalue weighted by Crippen LogP contribution is -2.04. The number of anilines is 1. The summed E-state index contributed by atoms with van der Waals surface area (Å²) >= 11 is 1.68. The van der Waals surface area contributed by atoms with Crippen molar-refractivity contribution in [1.82, 2.24) is 9.97 Å². The topological polar surface area (TPSA) is 51.8 Å². The minimum atomic E-state index is 0.571. The Morgan fingerprint density at radius 2 is 2.06 bits per heavy atom. The molecule has 3 nitrogen and oxygen atoms in total. The number of rotatable bonds is 2. The first kappa shape index (κ1) is 11.7. The van der Waals surface area contributed by atoms with Crippen LogP contribution >= 0.6 is 11.3 Å². The predicted molar refractivity (Wildman–Crippen MR) is 75.6 cm³/mol. The molecule has 1 saturated carbocycles. The van der Waals surface area contributed by atoms with Crippen molar-refractivity contribution in [1.29, 1.82) is 0 Å². The number of thiazole rings is 1. The summed E-state index contributed by atoms with van der Waals surface area (Å²) < 4.78 is 0. The summed E-state index contributed by atoms with van der Waals surface area (Å²) in [6.07, 6.45) is 8.34. The first-order valence-corrected chi connectivity index (χ1v) is 7.39. The molecule has 0 saturated heterocycles. The number of pyridine rings is 1. The largest absolute Gasteiger partial charge is 0.383 e. The Bertz CT molecular complexity index is 529. The fourth-order valence-corrected chi connectivity index (χ4v) is 3.53. The van der Waals surface area contributed by atoms with Gasteiger partial charge in [0, 0.05) is 17.5 Å². The number of aromatic nitrogens is 2. The van der Waals surface area contributed by atoms with Crippen LogP contribution in [-0.4, -0.2) is 9.97 Å². The quantitative estimate of drug-likeness (QED) is 0.891. The predicted octanol–water partition coefficient (Wildman–Crippen LogP) is 3.84. The van der Waals surface area contributed by atoms with E-state index in [1.807, 2.05) is 12.1 Å². The van der Waals surface area contributed by atoms with Gasteiger partial charge in [-0.05, 0) is 25.0 Å². The first-order valence-electron chi connectivity index (χ1n) is 6.51. The lowest BCUT2D eigenvalue weighted by molar-refractivity contribution is 0.438. The molecule has 0 bridgehead atoms. The van der Waals surface area contributed by atoms with Crippen LogP contribution in [0.5, 0.6) is 0 Å². The molecule has 0 radical (unpaired) electrons. The summed E-state index contributed by atoms with van der Waals surface area (Å²) in [5, 5.41) is 3.19. The molecule has 0 aliphatic heterocycles. The van der Waals surface area contributed by atoms with Gasteiger partial charge in [-0.3, -0.25) is 0 Å². The van der Waals surface area contributed by atoms with Gasteiger partial charge in [-0.2, -0.15) is 0 Å². The Balaban J connectivity index is 1.87. The molecule has 0 unspecified atom stereocenters. The lowest BCUT2D eigenvalue weighted by Gasteiger charge is -2.19. The van der Waals surface area contributed by atoms with Gasteiger partial charge in [-0.1, -0.05) is 19.3 Å². The highest BCUT2D eigenvalue weighted by Crippen LogP contribution is 2.35. The Hall–Kier alpha value is -1.42. The van der Waals surface area contributed by atoms with Crippen LogP contribution in [0.4, 0.5) is 5.82 Å². The fourth-order valence-electron chi connectivity index (χ4n) is 2.59. The molecule has 3 rings (SSSR count). The summed E-state index contributed by atoms with van der Waals surface area (Å²) in [5.41, 5.74) is 8.11. The van der Waals surface area contributed by atoms with Crippen molar-refractivity contribution in [2.24, 2.45) is 0 Å². The SMILES string of the molecule is Nc1ncccc1-c1nc(C2CCCCC2)cs1. The molecule has 1 aliphatic rings. The van der Waals surface area contributed by atoms with Crippen molar-refractivity contribution < 1.29 is 0 Å². The highest BCUT2D eigenvalue weighted by Gasteiger charge is 2.19. The van der Waals surface area contributed by atoms with Gasteiger partial charge in [0.15, 0.2) is 0 Å². The van der Waals surface area contributed by atoms with Crippen LogP contribution in [0.3, 0.4) is 0 Å². The fraction of sp³-hybridized carbons (Fsp3) is 0.429. The van der Waals surface area contributed by atoms with Crippen molar-refractivity contribution in [2.75, 3.05) is 5.73 Å². The number of nitrogen functional groups attached to an aromatic ring is 1. The van der Waals surface area contributed by atoms with E-state index in [4.69, 9.17) is 10.7 Å². The van der Waals surface area contributed by atoms with Gasteiger partial charge in [-0.25, -0.2) is 9.97 Å². The van der Waals surface area contributed by atoms with E-state index in [0.29, 0.717) is 11.7 Å². The zero-order chi connectivity index (χ0) is 12.4. The van der Waals surface area contributed by atoms with Crippen molar-refractivity contribution >= 4 is 17.2 Å². The van der Waals surface area contributed by atoms with E-state index in [2.05, 4.69) is 10.4 Å². The van der Waals surface area contributed by atoms with Gasteiger partial charge >= 0.3 is 0 Å². The monoisotopic (exact) mass is 259 g/mol. The Kier molecular flexibility index (Phi) is 3.28. The van der Waals surface area contributed by atoms with Crippen LogP contribution in [-0.2, 0) is 0 Å². The van der Waals surface area contributed by atoms with Gasteiger partial charge in [0.1, 0.15) is 10.8 Å². The molecule has 0 atom stereocenters. The summed E-state index contributed by atoms with van der Waals surface area (Å²) in [6, 6.07) is 3.90. The van der Waals surface area contributed by atoms with Crippen LogP contribution in [0.15, 0.2) is 23.7 Å². The second kappa shape index (κ2) is 5.06. The van der Waals surface area contributed by atoms with E-state index in [1.165, 1.54) is 37.8 Å². The van der Waals surface area contributed by atoms with Gasteiger partial charge in [-0.15, -0.1) is 11.3 Å². The van der Waals surface area contributed by atoms with E-state index in [9.17, 15) is 0 Å². The molecule has 4 heteroatoms. The van der Waals surface area contributed by atoms with Crippen molar-refractivity contribution in [3.05, 3.63) is 29.4 Å². The summed E-state index contributed by atoms with van der Waals surface area (Å²) in [4.78, 5) is 8.89. The third-order valence-electron chi connectivity index (χ3n) is 3.61. The lowest BCUT2D eigenvalue weighted by atomic mass is 9.87. The van der Waals surface area contributed by atoms with Gasteiger partial charge in [0.25, 0.3) is 0 Å². The van der Waals surface area contributed by atoms with Crippen LogP contribution in [0.1, 0.15) is 43.7 Å². The third-order valence-corrected chi connectivity index (χ3v) is 4.51. The summed E-state index contributed by atoms with van der Waals surface area (Å²) in [7, 11) is 0. The molecule has 18 heavy (non-hydrogen) atoms. The third kappa shape index (κ3) is 2.25. The zero-order valence-corrected chi connectivity index (χ0v) is 11.1. The maximum atomic E-state index is 5.90. The molecular weight excluding hydrogens is 242 g/mol. The molecule has 1 fully saturated rings. The molecule has 2 aromatic rings. The normalized spacial score (nSPS) is 16.9. The van der Waals surface area contributed by atoms with Crippen LogP contribution in [0.2, 0.25) is 0 Å². The van der Waals surface area contributed by atoms with E-state index in [1.54, 1.807) is 17.5 Å². The maximum absolute atomic E-state index is 5.90. The highest BCUT2D eigenvalue weighted by atomic mass is 32.1. The van der Waals surface area contributed by atoms with Gasteiger partial charge < -0.3 is 5.73 Å². The molecule has 2 heterocycles. The van der Waals surface area contributed by atoms with E-state index in [-0.39, 0.29) is 0 Å². The maximum Gasteiger partial charge on any atom is 0.133 e.